The van der Waals surface area contributed by atoms with Gasteiger partial charge >= 0.3 is 6.09 Å². The van der Waals surface area contributed by atoms with Gasteiger partial charge in [0.25, 0.3) is 0 Å². The average Bonchev–Trinajstić information content (AvgIpc) is 3.94. The second kappa shape index (κ2) is 21.5. The van der Waals surface area contributed by atoms with Crippen molar-refractivity contribution in [2.45, 2.75) is 179 Å². The van der Waals surface area contributed by atoms with Crippen molar-refractivity contribution in [3.05, 3.63) is 66.0 Å². The number of aliphatic hydroxyl groups is 1. The molecule has 2 saturated carbocycles. The van der Waals surface area contributed by atoms with Crippen LogP contribution in [0.4, 0.5) is 4.79 Å². The van der Waals surface area contributed by atoms with Crippen molar-refractivity contribution in [2.24, 2.45) is 34.5 Å². The molecule has 5 nitrogen and oxygen atoms in total. The number of carbonyl (C=O) groups is 1. The van der Waals surface area contributed by atoms with Gasteiger partial charge < -0.3 is 14.7 Å². The van der Waals surface area contributed by atoms with Crippen molar-refractivity contribution in [3.8, 4) is 0 Å². The summed E-state index contributed by atoms with van der Waals surface area (Å²) in [6.45, 7) is 39.1. The van der Waals surface area contributed by atoms with E-state index in [1.54, 1.807) is 18.9 Å². The molecule has 0 radical (unpaired) electrons. The molecule has 1 aromatic carbocycles. The number of aliphatic hydroxyl groups excluding tert-OH is 1. The Balaban J connectivity index is 0.000000626. The van der Waals surface area contributed by atoms with Crippen LogP contribution in [0.15, 0.2) is 54.7 Å². The smallest absolute Gasteiger partial charge is 0.409 e. The molecule has 2 fully saturated rings. The lowest BCUT2D eigenvalue weighted by atomic mass is 9.75. The molecule has 1 N–H and O–H groups in total. The van der Waals surface area contributed by atoms with Crippen LogP contribution in [0.1, 0.15) is 168 Å². The Hall–Kier alpha value is -2.40. The quantitative estimate of drug-likeness (QED) is 0.333. The summed E-state index contributed by atoms with van der Waals surface area (Å²) in [5.41, 5.74) is 3.69. The van der Waals surface area contributed by atoms with E-state index in [-0.39, 0.29) is 28.6 Å². The van der Waals surface area contributed by atoms with Crippen LogP contribution in [0.25, 0.3) is 0 Å². The minimum absolute atomic E-state index is 0.160. The van der Waals surface area contributed by atoms with E-state index in [0.29, 0.717) is 23.4 Å². The van der Waals surface area contributed by atoms with Crippen LogP contribution in [0, 0.1) is 34.5 Å². The van der Waals surface area contributed by atoms with E-state index in [0.717, 1.165) is 29.9 Å². The van der Waals surface area contributed by atoms with Gasteiger partial charge in [0.15, 0.2) is 0 Å². The normalized spacial score (nSPS) is 15.9. The molecule has 0 aliphatic heterocycles. The molecule has 1 heterocycles. The fourth-order valence-corrected chi connectivity index (χ4v) is 6.63. The van der Waals surface area contributed by atoms with Crippen LogP contribution in [0.2, 0.25) is 0 Å². The number of hydrogen-bond acceptors (Lipinski definition) is 4. The van der Waals surface area contributed by atoms with Gasteiger partial charge in [0, 0.05) is 29.9 Å². The van der Waals surface area contributed by atoms with Gasteiger partial charge in [-0.05, 0) is 118 Å². The fourth-order valence-electron chi connectivity index (χ4n) is 6.63. The molecular formula is C47H84N2O3. The topological polar surface area (TPSA) is 62.7 Å². The van der Waals surface area contributed by atoms with Gasteiger partial charge in [-0.1, -0.05) is 133 Å². The number of aromatic nitrogens is 1. The lowest BCUT2D eigenvalue weighted by Crippen LogP contribution is -2.42. The molecule has 2 aromatic rings. The van der Waals surface area contributed by atoms with E-state index in [4.69, 9.17) is 4.74 Å². The summed E-state index contributed by atoms with van der Waals surface area (Å²) in [6.07, 6.45) is 8.56. The molecule has 2 atom stereocenters. The standard InChI is InChI=1S/C11H20.C10H14.C9H13N.C9H20O.C8H17NO2/c1-11(2,3)10(8-4-5-8)9-6-7-9;1-10(2,3)9-7-5-4-6-8-9;1-9(2,3)8-6-4-5-7-10-8;1-6-8(7(2)10)9(3,4)5;1-6-11-7(10)9(5)8(2,3)4/h8-10H,4-7H2,1-3H3;4-8H,1-3H3;4-7H,1-3H3;7-8,10H,6H2,1-5H3;6H2,1-5H3. The Morgan fingerprint density at radius 2 is 1.21 bits per heavy atom. The first-order valence-electron chi connectivity index (χ1n) is 20.1. The molecule has 0 bridgehead atoms. The second-order valence-electron chi connectivity index (χ2n) is 20.2. The van der Waals surface area contributed by atoms with Crippen molar-refractivity contribution in [2.75, 3.05) is 13.7 Å². The average molecular weight is 725 g/mol. The number of hydrogen-bond donors (Lipinski definition) is 1. The highest BCUT2D eigenvalue weighted by molar-refractivity contribution is 5.68. The summed E-state index contributed by atoms with van der Waals surface area (Å²) in [4.78, 5) is 16.9. The summed E-state index contributed by atoms with van der Waals surface area (Å²) < 4.78 is 4.82. The van der Waals surface area contributed by atoms with Gasteiger partial charge in [0.2, 0.25) is 0 Å². The molecule has 1 aromatic heterocycles. The molecule has 2 aliphatic carbocycles. The molecule has 52 heavy (non-hydrogen) atoms. The maximum Gasteiger partial charge on any atom is 0.409 e. The monoisotopic (exact) mass is 725 g/mol. The molecule has 0 saturated heterocycles. The Morgan fingerprint density at radius 1 is 0.750 bits per heavy atom. The van der Waals surface area contributed by atoms with Gasteiger partial charge in [0.1, 0.15) is 0 Å². The molecule has 2 aliphatic rings. The molecule has 4 rings (SSSR count). The summed E-state index contributed by atoms with van der Waals surface area (Å²) in [5, 5.41) is 9.35. The van der Waals surface area contributed by atoms with Crippen molar-refractivity contribution in [1.29, 1.82) is 0 Å². The minimum atomic E-state index is -0.264. The van der Waals surface area contributed by atoms with E-state index in [9.17, 15) is 9.90 Å². The third kappa shape index (κ3) is 20.7. The summed E-state index contributed by atoms with van der Waals surface area (Å²) in [7, 11) is 1.73. The highest BCUT2D eigenvalue weighted by Crippen LogP contribution is 2.56. The van der Waals surface area contributed by atoms with Gasteiger partial charge in [-0.3, -0.25) is 4.98 Å². The van der Waals surface area contributed by atoms with Gasteiger partial charge in [-0.25, -0.2) is 4.79 Å². The first kappa shape index (κ1) is 49.6. The number of amides is 1. The van der Waals surface area contributed by atoms with E-state index in [2.05, 4.69) is 131 Å². The molecular weight excluding hydrogens is 641 g/mol. The maximum absolute atomic E-state index is 11.1. The van der Waals surface area contributed by atoms with Crippen LogP contribution in [0.5, 0.6) is 0 Å². The van der Waals surface area contributed by atoms with Crippen molar-refractivity contribution < 1.29 is 14.6 Å². The zero-order valence-corrected chi connectivity index (χ0v) is 37.5. The van der Waals surface area contributed by atoms with Crippen molar-refractivity contribution in [3.63, 3.8) is 0 Å². The molecule has 1 amide bonds. The van der Waals surface area contributed by atoms with Gasteiger partial charge in [0.05, 0.1) is 12.7 Å². The summed E-state index contributed by atoms with van der Waals surface area (Å²) in [6, 6.07) is 16.6. The third-order valence-corrected chi connectivity index (χ3v) is 10.0. The molecule has 300 valence electrons. The number of pyridine rings is 1. The molecule has 5 heteroatoms. The van der Waals surface area contributed by atoms with Gasteiger partial charge in [-0.15, -0.1) is 0 Å². The lowest BCUT2D eigenvalue weighted by Gasteiger charge is -2.31. The van der Waals surface area contributed by atoms with Gasteiger partial charge in [-0.2, -0.15) is 0 Å². The number of carbonyl (C=O) groups excluding carboxylic acids is 1. The first-order chi connectivity index (χ1) is 23.6. The Bertz CT molecular complexity index is 1150. The zero-order chi connectivity index (χ0) is 40.7. The predicted octanol–water partition coefficient (Wildman–Crippen LogP) is 13.1. The van der Waals surface area contributed by atoms with E-state index >= 15 is 0 Å². The largest absolute Gasteiger partial charge is 0.450 e. The van der Waals surface area contributed by atoms with E-state index in [1.165, 1.54) is 31.2 Å². The van der Waals surface area contributed by atoms with Crippen LogP contribution in [-0.4, -0.2) is 46.4 Å². The van der Waals surface area contributed by atoms with E-state index in [1.807, 2.05) is 46.0 Å². The summed E-state index contributed by atoms with van der Waals surface area (Å²) in [5.74, 6) is 3.71. The Labute approximate surface area is 323 Å². The Kier molecular flexibility index (Phi) is 20.5. The van der Waals surface area contributed by atoms with Crippen molar-refractivity contribution in [1.82, 2.24) is 9.88 Å². The van der Waals surface area contributed by atoms with Crippen LogP contribution >= 0.6 is 0 Å². The number of rotatable bonds is 5. The Morgan fingerprint density at radius 3 is 1.42 bits per heavy atom. The van der Waals surface area contributed by atoms with Crippen molar-refractivity contribution >= 4 is 6.09 Å². The first-order valence-corrected chi connectivity index (χ1v) is 20.1. The summed E-state index contributed by atoms with van der Waals surface area (Å²) >= 11 is 0. The van der Waals surface area contributed by atoms with Crippen LogP contribution in [-0.2, 0) is 15.6 Å². The third-order valence-electron chi connectivity index (χ3n) is 10.0. The SMILES string of the molecule is CC(C)(C)C(C1CC1)C1CC1.CC(C)(C)c1ccccc1.CC(C)(C)c1ccccn1.CCC(C(C)O)C(C)(C)C.CCOC(=O)N(C)C(C)(C)C. The lowest BCUT2D eigenvalue weighted by molar-refractivity contribution is 0.0537. The molecule has 0 spiro atoms. The highest BCUT2D eigenvalue weighted by Gasteiger charge is 2.46. The minimum Gasteiger partial charge on any atom is -0.450 e. The number of nitrogens with zero attached hydrogens (tertiary/aromatic N) is 2. The number of ether oxygens (including phenoxy) is 1. The highest BCUT2D eigenvalue weighted by atomic mass is 16.6. The fraction of sp³-hybridized carbons (Fsp3) is 0.745. The van der Waals surface area contributed by atoms with Crippen LogP contribution in [0.3, 0.4) is 0 Å². The predicted molar refractivity (Wildman–Crippen MR) is 226 cm³/mol. The number of benzene rings is 1. The van der Waals surface area contributed by atoms with Crippen LogP contribution < -0.4 is 0 Å². The second-order valence-corrected chi connectivity index (χ2v) is 20.2. The zero-order valence-electron chi connectivity index (χ0n) is 37.5. The van der Waals surface area contributed by atoms with E-state index < -0.39 is 0 Å². The maximum atomic E-state index is 11.1. The molecule has 2 unspecified atom stereocenters.